The van der Waals surface area contributed by atoms with Crippen molar-refractivity contribution in [2.75, 3.05) is 6.54 Å². The number of imidazole rings is 1. The molecule has 0 radical (unpaired) electrons. The summed E-state index contributed by atoms with van der Waals surface area (Å²) < 4.78 is 5.85. The van der Waals surface area contributed by atoms with Gasteiger partial charge in [-0.05, 0) is 23.3 Å². The van der Waals surface area contributed by atoms with Crippen LogP contribution in [0.5, 0.6) is 5.75 Å². The minimum absolute atomic E-state index is 0.160. The Balaban J connectivity index is 1.47. The lowest BCUT2D eigenvalue weighted by molar-refractivity contribution is 0.306. The lowest BCUT2D eigenvalue weighted by Gasteiger charge is -2.23. The molecule has 2 N–H and O–H groups in total. The van der Waals surface area contributed by atoms with Gasteiger partial charge in [-0.25, -0.2) is 4.98 Å². The molecule has 0 fully saturated rings. The van der Waals surface area contributed by atoms with Crippen molar-refractivity contribution < 1.29 is 4.74 Å². The Morgan fingerprint density at radius 2 is 1.87 bits per heavy atom. The number of hydrogen-bond donors (Lipinski definition) is 2. The molecule has 116 valence electrons. The minimum atomic E-state index is 0.160. The maximum Gasteiger partial charge on any atom is 0.119 e. The van der Waals surface area contributed by atoms with Crippen molar-refractivity contribution in [3.05, 3.63) is 83.4 Å². The third kappa shape index (κ3) is 2.98. The predicted octanol–water partition coefficient (Wildman–Crippen LogP) is 3.22. The Morgan fingerprint density at radius 3 is 2.70 bits per heavy atom. The molecular weight excluding hydrogens is 286 g/mol. The molecule has 4 heteroatoms. The van der Waals surface area contributed by atoms with Crippen molar-refractivity contribution in [1.82, 2.24) is 15.3 Å². The van der Waals surface area contributed by atoms with Gasteiger partial charge in [0.1, 0.15) is 12.4 Å². The second-order valence-electron chi connectivity index (χ2n) is 5.75. The molecule has 0 aliphatic carbocycles. The monoisotopic (exact) mass is 305 g/mol. The van der Waals surface area contributed by atoms with E-state index in [1.165, 1.54) is 16.8 Å². The lowest BCUT2D eigenvalue weighted by atomic mass is 9.98. The molecule has 0 saturated carbocycles. The van der Waals surface area contributed by atoms with Crippen LogP contribution in [0.1, 0.15) is 28.6 Å². The first-order valence-electron chi connectivity index (χ1n) is 7.92. The van der Waals surface area contributed by atoms with E-state index in [1.807, 2.05) is 30.3 Å². The Morgan fingerprint density at radius 1 is 1.04 bits per heavy atom. The minimum Gasteiger partial charge on any atom is -0.489 e. The second-order valence-corrected chi connectivity index (χ2v) is 5.75. The number of ether oxygens (including phenoxy) is 1. The van der Waals surface area contributed by atoms with Crippen LogP contribution in [0.15, 0.2) is 60.9 Å². The summed E-state index contributed by atoms with van der Waals surface area (Å²) >= 11 is 0. The van der Waals surface area contributed by atoms with E-state index in [4.69, 9.17) is 4.74 Å². The predicted molar refractivity (Wildman–Crippen MR) is 89.4 cm³/mol. The fourth-order valence-corrected chi connectivity index (χ4v) is 2.99. The number of rotatable bonds is 4. The summed E-state index contributed by atoms with van der Waals surface area (Å²) in [6.45, 7) is 1.55. The molecule has 4 nitrogen and oxygen atoms in total. The highest BCUT2D eigenvalue weighted by Gasteiger charge is 2.23. The molecule has 2 heterocycles. The summed E-state index contributed by atoms with van der Waals surface area (Å²) in [5.74, 6) is 0.885. The van der Waals surface area contributed by atoms with Gasteiger partial charge in [-0.1, -0.05) is 42.5 Å². The van der Waals surface area contributed by atoms with Gasteiger partial charge < -0.3 is 15.0 Å². The van der Waals surface area contributed by atoms with Crippen LogP contribution in [0, 0.1) is 0 Å². The molecule has 0 saturated heterocycles. The van der Waals surface area contributed by atoms with E-state index in [2.05, 4.69) is 39.6 Å². The molecule has 1 aromatic heterocycles. The van der Waals surface area contributed by atoms with Gasteiger partial charge >= 0.3 is 0 Å². The van der Waals surface area contributed by atoms with Crippen molar-refractivity contribution >= 4 is 0 Å². The molecule has 1 aliphatic heterocycles. The van der Waals surface area contributed by atoms with E-state index >= 15 is 0 Å². The first kappa shape index (κ1) is 14.0. The quantitative estimate of drug-likeness (QED) is 0.778. The number of aromatic nitrogens is 2. The number of nitrogens with zero attached hydrogens (tertiary/aromatic N) is 1. The Kier molecular flexibility index (Phi) is 3.82. The molecule has 1 aliphatic rings. The van der Waals surface area contributed by atoms with E-state index in [1.54, 1.807) is 6.33 Å². The van der Waals surface area contributed by atoms with Gasteiger partial charge in [-0.3, -0.25) is 0 Å². The average Bonchev–Trinajstić information content (AvgIpc) is 3.10. The molecule has 0 bridgehead atoms. The fourth-order valence-electron chi connectivity index (χ4n) is 2.99. The number of fused-ring (bicyclic) bond motifs is 1. The number of H-pyrrole nitrogens is 1. The SMILES string of the molecule is c1ccc(COc2ccc([C@H]3NCCc4[nH]cnc43)cc2)cc1. The topological polar surface area (TPSA) is 49.9 Å². The second kappa shape index (κ2) is 6.26. The molecular formula is C19H19N3O. The summed E-state index contributed by atoms with van der Waals surface area (Å²) in [7, 11) is 0. The van der Waals surface area contributed by atoms with Crippen LogP contribution in [0.25, 0.3) is 0 Å². The van der Waals surface area contributed by atoms with Crippen LogP contribution in [0.2, 0.25) is 0 Å². The Hall–Kier alpha value is -2.59. The zero-order chi connectivity index (χ0) is 15.5. The zero-order valence-corrected chi connectivity index (χ0v) is 12.8. The van der Waals surface area contributed by atoms with Gasteiger partial charge in [0.2, 0.25) is 0 Å². The maximum absolute atomic E-state index is 5.85. The molecule has 23 heavy (non-hydrogen) atoms. The van der Waals surface area contributed by atoms with Crippen molar-refractivity contribution in [3.63, 3.8) is 0 Å². The zero-order valence-electron chi connectivity index (χ0n) is 12.8. The first-order valence-corrected chi connectivity index (χ1v) is 7.92. The summed E-state index contributed by atoms with van der Waals surface area (Å²) in [6.07, 6.45) is 2.78. The van der Waals surface area contributed by atoms with Gasteiger partial charge in [0.05, 0.1) is 18.1 Å². The van der Waals surface area contributed by atoms with Crippen molar-refractivity contribution in [2.45, 2.75) is 19.1 Å². The number of nitrogens with one attached hydrogen (secondary N) is 2. The fraction of sp³-hybridized carbons (Fsp3) is 0.211. The van der Waals surface area contributed by atoms with Crippen LogP contribution in [0.3, 0.4) is 0 Å². The molecule has 0 unspecified atom stereocenters. The normalized spacial score (nSPS) is 16.8. The highest BCUT2D eigenvalue weighted by molar-refractivity contribution is 5.36. The number of aromatic amines is 1. The summed E-state index contributed by atoms with van der Waals surface area (Å²) in [5.41, 5.74) is 4.73. The third-order valence-electron chi connectivity index (χ3n) is 4.21. The summed E-state index contributed by atoms with van der Waals surface area (Å²) in [5, 5.41) is 3.53. The van der Waals surface area contributed by atoms with E-state index < -0.39 is 0 Å². The van der Waals surface area contributed by atoms with Crippen LogP contribution in [0.4, 0.5) is 0 Å². The largest absolute Gasteiger partial charge is 0.489 e. The molecule has 3 aromatic rings. The van der Waals surface area contributed by atoms with E-state index in [9.17, 15) is 0 Å². The van der Waals surface area contributed by atoms with Gasteiger partial charge in [-0.15, -0.1) is 0 Å². The van der Waals surface area contributed by atoms with Gasteiger partial charge in [0.25, 0.3) is 0 Å². The maximum atomic E-state index is 5.85. The van der Waals surface area contributed by atoms with Gasteiger partial charge in [0.15, 0.2) is 0 Å². The highest BCUT2D eigenvalue weighted by Crippen LogP contribution is 2.27. The molecule has 0 amide bonds. The lowest BCUT2D eigenvalue weighted by Crippen LogP contribution is -2.30. The standard InChI is InChI=1S/C19H19N3O/c1-2-4-14(5-3-1)12-23-16-8-6-15(7-9-16)18-19-17(10-11-20-18)21-13-22-19/h1-9,13,18,20H,10-12H2,(H,21,22)/t18-/m1/s1. The summed E-state index contributed by atoms with van der Waals surface area (Å²) in [4.78, 5) is 7.70. The molecule has 1 atom stereocenters. The van der Waals surface area contributed by atoms with Crippen molar-refractivity contribution in [1.29, 1.82) is 0 Å². The third-order valence-corrected chi connectivity index (χ3v) is 4.21. The smallest absolute Gasteiger partial charge is 0.119 e. The van der Waals surface area contributed by atoms with Crippen molar-refractivity contribution in [3.8, 4) is 5.75 Å². The Labute approximate surface area is 135 Å². The van der Waals surface area contributed by atoms with Gasteiger partial charge in [-0.2, -0.15) is 0 Å². The van der Waals surface area contributed by atoms with E-state index in [0.29, 0.717) is 6.61 Å². The first-order chi connectivity index (χ1) is 11.4. The van der Waals surface area contributed by atoms with E-state index in [0.717, 1.165) is 24.4 Å². The number of benzene rings is 2. The average molecular weight is 305 g/mol. The van der Waals surface area contributed by atoms with Gasteiger partial charge in [0, 0.05) is 18.7 Å². The molecule has 2 aromatic carbocycles. The van der Waals surface area contributed by atoms with Crippen LogP contribution in [-0.4, -0.2) is 16.5 Å². The van der Waals surface area contributed by atoms with Crippen LogP contribution in [-0.2, 0) is 13.0 Å². The molecule has 0 spiro atoms. The highest BCUT2D eigenvalue weighted by atomic mass is 16.5. The summed E-state index contributed by atoms with van der Waals surface area (Å²) in [6, 6.07) is 18.6. The van der Waals surface area contributed by atoms with Crippen LogP contribution >= 0.6 is 0 Å². The van der Waals surface area contributed by atoms with Crippen LogP contribution < -0.4 is 10.1 Å². The number of hydrogen-bond acceptors (Lipinski definition) is 3. The molecule has 4 rings (SSSR count). The van der Waals surface area contributed by atoms with E-state index in [-0.39, 0.29) is 6.04 Å². The van der Waals surface area contributed by atoms with Crippen molar-refractivity contribution in [2.24, 2.45) is 0 Å². The Bertz CT molecular complexity index is 765.